The van der Waals surface area contributed by atoms with E-state index in [-0.39, 0.29) is 12.1 Å². The fourth-order valence-corrected chi connectivity index (χ4v) is 1.64. The third-order valence-corrected chi connectivity index (χ3v) is 3.27. The predicted octanol–water partition coefficient (Wildman–Crippen LogP) is 2.51. The molecule has 0 saturated carbocycles. The Bertz CT molecular complexity index is 337. The second-order valence-electron chi connectivity index (χ2n) is 3.89. The van der Waals surface area contributed by atoms with Crippen LogP contribution in [-0.4, -0.2) is 24.3 Å². The molecule has 0 bridgehead atoms. The summed E-state index contributed by atoms with van der Waals surface area (Å²) in [5.41, 5.74) is 0.729. The molecule has 0 radical (unpaired) electrons. The first-order chi connectivity index (χ1) is 7.00. The van der Waals surface area contributed by atoms with Crippen molar-refractivity contribution in [3.05, 3.63) is 33.8 Å². The van der Waals surface area contributed by atoms with E-state index in [4.69, 9.17) is 23.2 Å². The summed E-state index contributed by atoms with van der Waals surface area (Å²) in [5, 5.41) is 13.4. The van der Waals surface area contributed by atoms with E-state index in [1.807, 2.05) is 26.1 Å². The summed E-state index contributed by atoms with van der Waals surface area (Å²) in [6.07, 6.45) is 0.705. The quantitative estimate of drug-likeness (QED) is 0.858. The molecule has 0 fully saturated rings. The van der Waals surface area contributed by atoms with E-state index in [9.17, 15) is 5.11 Å². The van der Waals surface area contributed by atoms with Crippen LogP contribution in [-0.2, 0) is 6.42 Å². The summed E-state index contributed by atoms with van der Waals surface area (Å²) >= 11 is 11.7. The van der Waals surface area contributed by atoms with Crippen LogP contribution in [0.1, 0.15) is 12.5 Å². The van der Waals surface area contributed by atoms with Gasteiger partial charge in [-0.25, -0.2) is 0 Å². The van der Waals surface area contributed by atoms with Gasteiger partial charge in [0.15, 0.2) is 0 Å². The van der Waals surface area contributed by atoms with E-state index in [1.54, 1.807) is 6.07 Å². The summed E-state index contributed by atoms with van der Waals surface area (Å²) in [5.74, 6) is 0. The Balaban J connectivity index is 2.85. The Hall–Kier alpha value is -0.280. The van der Waals surface area contributed by atoms with Crippen LogP contribution in [0.3, 0.4) is 0 Å². The maximum atomic E-state index is 9.25. The van der Waals surface area contributed by atoms with E-state index < -0.39 is 0 Å². The van der Waals surface area contributed by atoms with Crippen molar-refractivity contribution in [3.8, 4) is 0 Å². The molecule has 1 atom stereocenters. The minimum absolute atomic E-state index is 0.0732. The molecule has 0 heterocycles. The van der Waals surface area contributed by atoms with Crippen molar-refractivity contribution in [2.45, 2.75) is 18.9 Å². The third kappa shape index (κ3) is 3.35. The number of hydrogen-bond donors (Lipinski definition) is 2. The van der Waals surface area contributed by atoms with Crippen LogP contribution in [0.4, 0.5) is 0 Å². The van der Waals surface area contributed by atoms with E-state index in [0.717, 1.165) is 5.56 Å². The minimum atomic E-state index is -0.322. The standard InChI is InChI=1S/C11H15Cl2NO/c1-11(7-15,14-2)6-8-3-4-9(12)10(13)5-8/h3-5,14-15H,6-7H2,1-2H3/t11-/m0/s1. The first kappa shape index (κ1) is 12.8. The van der Waals surface area contributed by atoms with Gasteiger partial charge in [-0.15, -0.1) is 0 Å². The second kappa shape index (κ2) is 5.17. The summed E-state index contributed by atoms with van der Waals surface area (Å²) in [6.45, 7) is 2.03. The summed E-state index contributed by atoms with van der Waals surface area (Å²) < 4.78 is 0. The molecule has 2 nitrogen and oxygen atoms in total. The van der Waals surface area contributed by atoms with Crippen molar-refractivity contribution in [1.82, 2.24) is 5.32 Å². The van der Waals surface area contributed by atoms with Gasteiger partial charge in [0, 0.05) is 5.54 Å². The Labute approximate surface area is 100 Å². The maximum Gasteiger partial charge on any atom is 0.0613 e. The van der Waals surface area contributed by atoms with Crippen LogP contribution >= 0.6 is 23.2 Å². The van der Waals surface area contributed by atoms with Gasteiger partial charge >= 0.3 is 0 Å². The van der Waals surface area contributed by atoms with Gasteiger partial charge in [-0.2, -0.15) is 0 Å². The topological polar surface area (TPSA) is 32.3 Å². The second-order valence-corrected chi connectivity index (χ2v) is 4.71. The molecule has 0 saturated heterocycles. The molecule has 0 aliphatic heterocycles. The van der Waals surface area contributed by atoms with Gasteiger partial charge in [0.1, 0.15) is 0 Å². The Morgan fingerprint density at radius 2 is 2.00 bits per heavy atom. The third-order valence-electron chi connectivity index (χ3n) is 2.53. The summed E-state index contributed by atoms with van der Waals surface area (Å²) in [6, 6.07) is 5.52. The Morgan fingerprint density at radius 3 is 2.47 bits per heavy atom. The molecule has 0 aromatic heterocycles. The minimum Gasteiger partial charge on any atom is -0.394 e. The first-order valence-corrected chi connectivity index (χ1v) is 5.50. The highest BCUT2D eigenvalue weighted by Gasteiger charge is 2.21. The van der Waals surface area contributed by atoms with Gasteiger partial charge in [0.2, 0.25) is 0 Å². The van der Waals surface area contributed by atoms with Gasteiger partial charge in [0.05, 0.1) is 16.7 Å². The van der Waals surface area contributed by atoms with E-state index in [2.05, 4.69) is 5.32 Å². The average molecular weight is 248 g/mol. The van der Waals surface area contributed by atoms with Crippen LogP contribution in [0.15, 0.2) is 18.2 Å². The van der Waals surface area contributed by atoms with Gasteiger partial charge in [-0.3, -0.25) is 0 Å². The molecule has 2 N–H and O–H groups in total. The van der Waals surface area contributed by atoms with E-state index in [1.165, 1.54) is 0 Å². The summed E-state index contributed by atoms with van der Waals surface area (Å²) in [7, 11) is 1.83. The highest BCUT2D eigenvalue weighted by atomic mass is 35.5. The number of halogens is 2. The molecule has 0 aliphatic rings. The number of aliphatic hydroxyl groups excluding tert-OH is 1. The molecule has 1 rings (SSSR count). The highest BCUT2D eigenvalue weighted by molar-refractivity contribution is 6.42. The summed E-state index contributed by atoms with van der Waals surface area (Å²) in [4.78, 5) is 0. The number of hydrogen-bond acceptors (Lipinski definition) is 2. The lowest BCUT2D eigenvalue weighted by Crippen LogP contribution is -2.45. The van der Waals surface area contributed by atoms with Crippen LogP contribution in [0, 0.1) is 0 Å². The molecule has 0 aliphatic carbocycles. The smallest absolute Gasteiger partial charge is 0.0613 e. The fourth-order valence-electron chi connectivity index (χ4n) is 1.32. The van der Waals surface area contributed by atoms with Crippen molar-refractivity contribution >= 4 is 23.2 Å². The van der Waals surface area contributed by atoms with Crippen LogP contribution in [0.25, 0.3) is 0 Å². The number of rotatable bonds is 4. The molecule has 4 heteroatoms. The number of likely N-dealkylation sites (N-methyl/N-ethyl adjacent to an activating group) is 1. The number of aliphatic hydroxyl groups is 1. The van der Waals surface area contributed by atoms with Crippen molar-refractivity contribution in [2.75, 3.05) is 13.7 Å². The lowest BCUT2D eigenvalue weighted by Gasteiger charge is -2.26. The maximum absolute atomic E-state index is 9.25. The molecule has 0 amide bonds. The first-order valence-electron chi connectivity index (χ1n) is 4.74. The SMILES string of the molecule is CN[C@](C)(CO)Cc1ccc(Cl)c(Cl)c1. The van der Waals surface area contributed by atoms with Crippen molar-refractivity contribution in [1.29, 1.82) is 0 Å². The number of benzene rings is 1. The van der Waals surface area contributed by atoms with Crippen molar-refractivity contribution in [2.24, 2.45) is 0 Å². The Kier molecular flexibility index (Phi) is 4.41. The van der Waals surface area contributed by atoms with Crippen LogP contribution < -0.4 is 5.32 Å². The normalized spacial score (nSPS) is 15.0. The van der Waals surface area contributed by atoms with Crippen molar-refractivity contribution in [3.63, 3.8) is 0 Å². The zero-order chi connectivity index (χ0) is 11.5. The Morgan fingerprint density at radius 1 is 1.33 bits per heavy atom. The zero-order valence-corrected chi connectivity index (χ0v) is 10.4. The number of nitrogens with one attached hydrogen (secondary N) is 1. The lowest BCUT2D eigenvalue weighted by molar-refractivity contribution is 0.182. The molecule has 0 spiro atoms. The van der Waals surface area contributed by atoms with Crippen LogP contribution in [0.2, 0.25) is 10.0 Å². The van der Waals surface area contributed by atoms with Gasteiger partial charge < -0.3 is 10.4 Å². The van der Waals surface area contributed by atoms with Gasteiger partial charge in [-0.05, 0) is 38.1 Å². The monoisotopic (exact) mass is 247 g/mol. The van der Waals surface area contributed by atoms with Crippen LogP contribution in [0.5, 0.6) is 0 Å². The van der Waals surface area contributed by atoms with Crippen molar-refractivity contribution < 1.29 is 5.11 Å². The molecular weight excluding hydrogens is 233 g/mol. The van der Waals surface area contributed by atoms with E-state index in [0.29, 0.717) is 16.5 Å². The predicted molar refractivity (Wildman–Crippen MR) is 64.7 cm³/mol. The van der Waals surface area contributed by atoms with E-state index >= 15 is 0 Å². The molecule has 0 unspecified atom stereocenters. The fraction of sp³-hybridized carbons (Fsp3) is 0.455. The van der Waals surface area contributed by atoms with Gasteiger partial charge in [-0.1, -0.05) is 29.3 Å². The highest BCUT2D eigenvalue weighted by Crippen LogP contribution is 2.24. The molecule has 1 aromatic rings. The average Bonchev–Trinajstić information content (AvgIpc) is 2.23. The van der Waals surface area contributed by atoms with Gasteiger partial charge in [0.25, 0.3) is 0 Å². The lowest BCUT2D eigenvalue weighted by atomic mass is 9.94. The molecular formula is C11H15Cl2NO. The zero-order valence-electron chi connectivity index (χ0n) is 8.85. The molecule has 1 aromatic carbocycles. The largest absolute Gasteiger partial charge is 0.394 e. The molecule has 84 valence electrons. The molecule has 15 heavy (non-hydrogen) atoms.